The quantitative estimate of drug-likeness (QED) is 0.620. The summed E-state index contributed by atoms with van der Waals surface area (Å²) in [5.74, 6) is 0.883. The van der Waals surface area contributed by atoms with Crippen molar-refractivity contribution in [1.29, 1.82) is 0 Å². The molecule has 0 saturated carbocycles. The first-order chi connectivity index (χ1) is 12.5. The Labute approximate surface area is 151 Å². The highest BCUT2D eigenvalue weighted by Crippen LogP contribution is 2.20. The van der Waals surface area contributed by atoms with Crippen molar-refractivity contribution in [2.45, 2.75) is 33.5 Å². The molecular formula is C20H20N2O4. The first-order valence-electron chi connectivity index (χ1n) is 8.31. The van der Waals surface area contributed by atoms with E-state index >= 15 is 0 Å². The first kappa shape index (κ1) is 17.7. The number of esters is 1. The lowest BCUT2D eigenvalue weighted by Crippen LogP contribution is -2.10. The maximum absolute atomic E-state index is 12.3. The van der Waals surface area contributed by atoms with E-state index in [4.69, 9.17) is 14.0 Å². The van der Waals surface area contributed by atoms with Crippen molar-refractivity contribution in [3.05, 3.63) is 76.9 Å². The lowest BCUT2D eigenvalue weighted by atomic mass is 10.1. The van der Waals surface area contributed by atoms with Gasteiger partial charge in [0.15, 0.2) is 11.9 Å². The lowest BCUT2D eigenvalue weighted by Gasteiger charge is -2.11. The van der Waals surface area contributed by atoms with E-state index in [2.05, 4.69) is 16.2 Å². The minimum Gasteiger partial charge on any atom is -0.489 e. The molecule has 0 fully saturated rings. The molecule has 0 aliphatic heterocycles. The summed E-state index contributed by atoms with van der Waals surface area (Å²) in [7, 11) is 0. The second-order valence-electron chi connectivity index (χ2n) is 6.03. The minimum absolute atomic E-state index is 0.266. The van der Waals surface area contributed by atoms with Crippen LogP contribution in [0.2, 0.25) is 0 Å². The highest BCUT2D eigenvalue weighted by Gasteiger charge is 2.19. The topological polar surface area (TPSA) is 74.5 Å². The third-order valence-electron chi connectivity index (χ3n) is 3.73. The van der Waals surface area contributed by atoms with Crippen molar-refractivity contribution < 1.29 is 18.8 Å². The van der Waals surface area contributed by atoms with Gasteiger partial charge < -0.3 is 14.0 Å². The van der Waals surface area contributed by atoms with Gasteiger partial charge in [0.2, 0.25) is 0 Å². The summed E-state index contributed by atoms with van der Waals surface area (Å²) in [6.45, 7) is 5.85. The summed E-state index contributed by atoms with van der Waals surface area (Å²) in [4.78, 5) is 16.4. The number of nitrogens with zero attached hydrogens (tertiary/aromatic N) is 2. The summed E-state index contributed by atoms with van der Waals surface area (Å²) in [6.07, 6.45) is -0.624. The second kappa shape index (κ2) is 7.82. The van der Waals surface area contributed by atoms with Crippen molar-refractivity contribution >= 4 is 5.97 Å². The van der Waals surface area contributed by atoms with Crippen LogP contribution in [0.5, 0.6) is 5.75 Å². The molecule has 3 rings (SSSR count). The number of carbonyl (C=O) groups is 1. The molecule has 26 heavy (non-hydrogen) atoms. The Morgan fingerprint density at radius 2 is 1.96 bits per heavy atom. The minimum atomic E-state index is -0.624. The molecule has 6 nitrogen and oxygen atoms in total. The Morgan fingerprint density at radius 3 is 2.69 bits per heavy atom. The van der Waals surface area contributed by atoms with Crippen LogP contribution in [0.4, 0.5) is 0 Å². The van der Waals surface area contributed by atoms with E-state index in [0.29, 0.717) is 23.7 Å². The van der Waals surface area contributed by atoms with E-state index < -0.39 is 12.1 Å². The first-order valence-corrected chi connectivity index (χ1v) is 8.31. The van der Waals surface area contributed by atoms with Gasteiger partial charge in [-0.15, -0.1) is 0 Å². The molecule has 2 aromatic carbocycles. The Kier molecular flexibility index (Phi) is 5.31. The Bertz CT molecular complexity index is 904. The van der Waals surface area contributed by atoms with Crippen molar-refractivity contribution in [1.82, 2.24) is 10.1 Å². The van der Waals surface area contributed by atoms with Gasteiger partial charge in [0.1, 0.15) is 12.4 Å². The molecule has 0 radical (unpaired) electrons. The van der Waals surface area contributed by atoms with Gasteiger partial charge in [0, 0.05) is 0 Å². The van der Waals surface area contributed by atoms with Crippen LogP contribution in [0.15, 0.2) is 53.1 Å². The Balaban J connectivity index is 1.63. The zero-order valence-corrected chi connectivity index (χ0v) is 14.9. The van der Waals surface area contributed by atoms with Crippen LogP contribution in [-0.2, 0) is 11.3 Å². The number of carbonyl (C=O) groups excluding carboxylic acids is 1. The maximum atomic E-state index is 12.3. The largest absolute Gasteiger partial charge is 0.489 e. The number of rotatable bonds is 6. The summed E-state index contributed by atoms with van der Waals surface area (Å²) < 4.78 is 16.2. The molecule has 0 bridgehead atoms. The number of aromatic nitrogens is 2. The number of ether oxygens (including phenoxy) is 2. The van der Waals surface area contributed by atoms with Gasteiger partial charge in [0.25, 0.3) is 5.89 Å². The number of hydrogen-bond acceptors (Lipinski definition) is 6. The lowest BCUT2D eigenvalue weighted by molar-refractivity contribution is 0.0265. The van der Waals surface area contributed by atoms with E-state index in [-0.39, 0.29) is 5.89 Å². The molecule has 0 spiro atoms. The molecule has 3 aromatic rings. The highest BCUT2D eigenvalue weighted by atomic mass is 16.6. The van der Waals surface area contributed by atoms with Gasteiger partial charge in [-0.2, -0.15) is 4.98 Å². The Morgan fingerprint density at radius 1 is 1.15 bits per heavy atom. The van der Waals surface area contributed by atoms with Crippen molar-refractivity contribution in [3.8, 4) is 5.75 Å². The molecule has 6 heteroatoms. The number of hydrogen-bond donors (Lipinski definition) is 0. The van der Waals surface area contributed by atoms with Crippen LogP contribution in [0.3, 0.4) is 0 Å². The van der Waals surface area contributed by atoms with Crippen molar-refractivity contribution in [2.24, 2.45) is 0 Å². The zero-order valence-electron chi connectivity index (χ0n) is 14.9. The molecule has 1 unspecified atom stereocenters. The molecule has 0 amide bonds. The fourth-order valence-corrected chi connectivity index (χ4v) is 2.44. The third-order valence-corrected chi connectivity index (χ3v) is 3.73. The van der Waals surface area contributed by atoms with Gasteiger partial charge in [0.05, 0.1) is 5.56 Å². The molecule has 1 aromatic heterocycles. The van der Waals surface area contributed by atoms with E-state index in [1.807, 2.05) is 25.1 Å². The van der Waals surface area contributed by atoms with E-state index in [9.17, 15) is 4.79 Å². The van der Waals surface area contributed by atoms with Gasteiger partial charge >= 0.3 is 5.97 Å². The Hall–Kier alpha value is -3.15. The van der Waals surface area contributed by atoms with Crippen molar-refractivity contribution in [3.63, 3.8) is 0 Å². The van der Waals surface area contributed by atoms with Crippen LogP contribution in [0.1, 0.15) is 46.2 Å². The molecule has 0 saturated heterocycles. The van der Waals surface area contributed by atoms with Crippen molar-refractivity contribution in [2.75, 3.05) is 0 Å². The fourth-order valence-electron chi connectivity index (χ4n) is 2.44. The van der Waals surface area contributed by atoms with E-state index in [1.165, 1.54) is 5.56 Å². The van der Waals surface area contributed by atoms with Gasteiger partial charge in [-0.3, -0.25) is 0 Å². The average molecular weight is 352 g/mol. The van der Waals surface area contributed by atoms with E-state index in [0.717, 1.165) is 5.56 Å². The molecular weight excluding hydrogens is 332 g/mol. The number of aryl methyl sites for hydroxylation is 2. The van der Waals surface area contributed by atoms with Gasteiger partial charge in [-0.05, 0) is 44.5 Å². The van der Waals surface area contributed by atoms with Crippen LogP contribution in [0, 0.1) is 13.8 Å². The highest BCUT2D eigenvalue weighted by molar-refractivity contribution is 5.89. The molecule has 134 valence electrons. The number of benzene rings is 2. The normalized spacial score (nSPS) is 11.8. The summed E-state index contributed by atoms with van der Waals surface area (Å²) in [6, 6.07) is 15.0. The SMILES string of the molecule is Cc1cccc(COc2cccc(C(=O)OC(C)c3nc(C)no3)c2)c1. The molecule has 1 atom stereocenters. The predicted molar refractivity (Wildman–Crippen MR) is 94.8 cm³/mol. The van der Waals surface area contributed by atoms with Crippen LogP contribution >= 0.6 is 0 Å². The predicted octanol–water partition coefficient (Wildman–Crippen LogP) is 4.18. The standard InChI is InChI=1S/C20H20N2O4/c1-13-6-4-7-16(10-13)12-24-18-9-5-8-17(11-18)20(23)25-14(2)19-21-15(3)22-26-19/h4-11,14H,12H2,1-3H3. The average Bonchev–Trinajstić information content (AvgIpc) is 3.07. The zero-order chi connectivity index (χ0) is 18.5. The molecule has 0 aliphatic rings. The molecule has 0 N–H and O–H groups in total. The fraction of sp³-hybridized carbons (Fsp3) is 0.250. The summed E-state index contributed by atoms with van der Waals surface area (Å²) in [5, 5.41) is 3.69. The van der Waals surface area contributed by atoms with Crippen LogP contribution in [0.25, 0.3) is 0 Å². The second-order valence-corrected chi connectivity index (χ2v) is 6.03. The summed E-state index contributed by atoms with van der Waals surface area (Å²) in [5.41, 5.74) is 2.64. The smallest absolute Gasteiger partial charge is 0.339 e. The monoisotopic (exact) mass is 352 g/mol. The van der Waals surface area contributed by atoms with Crippen LogP contribution < -0.4 is 4.74 Å². The third kappa shape index (κ3) is 4.47. The van der Waals surface area contributed by atoms with E-state index in [1.54, 1.807) is 38.1 Å². The van der Waals surface area contributed by atoms with Gasteiger partial charge in [-0.1, -0.05) is 41.1 Å². The molecule has 1 heterocycles. The molecule has 0 aliphatic carbocycles. The van der Waals surface area contributed by atoms with Crippen LogP contribution in [-0.4, -0.2) is 16.1 Å². The summed E-state index contributed by atoms with van der Waals surface area (Å²) >= 11 is 0. The van der Waals surface area contributed by atoms with Gasteiger partial charge in [-0.25, -0.2) is 4.79 Å². The maximum Gasteiger partial charge on any atom is 0.339 e.